The van der Waals surface area contributed by atoms with E-state index in [2.05, 4.69) is 5.32 Å². The summed E-state index contributed by atoms with van der Waals surface area (Å²) in [6, 6.07) is 12.7. The van der Waals surface area contributed by atoms with Crippen molar-refractivity contribution in [2.24, 2.45) is 0 Å². The van der Waals surface area contributed by atoms with Gasteiger partial charge in [-0.3, -0.25) is 9.69 Å². The van der Waals surface area contributed by atoms with Gasteiger partial charge in [-0.15, -0.1) is 0 Å². The van der Waals surface area contributed by atoms with Gasteiger partial charge in [0, 0.05) is 18.8 Å². The summed E-state index contributed by atoms with van der Waals surface area (Å²) in [5, 5.41) is 2.81. The van der Waals surface area contributed by atoms with Gasteiger partial charge in [0.25, 0.3) is 0 Å². The molecule has 2 amide bonds. The molecule has 0 aliphatic heterocycles. The maximum Gasteiger partial charge on any atom is 0.321 e. The summed E-state index contributed by atoms with van der Waals surface area (Å²) >= 11 is 0. The average Bonchev–Trinajstić information content (AvgIpc) is 2.61. The van der Waals surface area contributed by atoms with E-state index >= 15 is 0 Å². The molecule has 1 unspecified atom stereocenters. The highest BCUT2D eigenvalue weighted by atomic mass is 19.1. The number of hydrogen-bond donors (Lipinski definition) is 1. The minimum Gasteiger partial charge on any atom is -0.427 e. The van der Waals surface area contributed by atoms with E-state index in [-0.39, 0.29) is 36.2 Å². The highest BCUT2D eigenvalue weighted by Crippen LogP contribution is 2.22. The number of hydrogen-bond acceptors (Lipinski definition) is 3. The third kappa shape index (κ3) is 6.09. The molecule has 2 aromatic carbocycles. The van der Waals surface area contributed by atoms with Crippen LogP contribution in [0.1, 0.15) is 38.7 Å². The summed E-state index contributed by atoms with van der Waals surface area (Å²) in [7, 11) is 1.67. The number of carbonyl (C=O) groups is 2. The zero-order valence-electron chi connectivity index (χ0n) is 16.0. The fourth-order valence-electron chi connectivity index (χ4n) is 2.53. The molecular weight excluding hydrogens is 347 g/mol. The van der Waals surface area contributed by atoms with Crippen molar-refractivity contribution in [1.29, 1.82) is 0 Å². The summed E-state index contributed by atoms with van der Waals surface area (Å²) in [5.74, 6) is -0.345. The molecular formula is C21H25FN2O3. The number of nitrogens with zero attached hydrogens (tertiary/aromatic N) is 1. The number of halogens is 1. The Balaban J connectivity index is 1.92. The van der Waals surface area contributed by atoms with Crippen LogP contribution < -0.4 is 15.0 Å². The molecule has 5 nitrogen and oxygen atoms in total. The first-order chi connectivity index (χ1) is 12.8. The van der Waals surface area contributed by atoms with E-state index in [9.17, 15) is 14.0 Å². The lowest BCUT2D eigenvalue weighted by Gasteiger charge is -2.20. The van der Waals surface area contributed by atoms with Crippen molar-refractivity contribution in [1.82, 2.24) is 5.32 Å². The molecule has 0 fully saturated rings. The summed E-state index contributed by atoms with van der Waals surface area (Å²) in [4.78, 5) is 25.6. The highest BCUT2D eigenvalue weighted by molar-refractivity contribution is 5.91. The van der Waals surface area contributed by atoms with E-state index in [1.54, 1.807) is 43.4 Å². The molecule has 0 spiro atoms. The van der Waals surface area contributed by atoms with E-state index in [0.29, 0.717) is 11.4 Å². The Hall–Kier alpha value is -2.89. The molecule has 0 radical (unpaired) electrons. The monoisotopic (exact) mass is 372 g/mol. The number of carbonyl (C=O) groups excluding carboxylic acids is 2. The van der Waals surface area contributed by atoms with Gasteiger partial charge in [0.05, 0.1) is 6.42 Å². The smallest absolute Gasteiger partial charge is 0.321 e. The standard InChI is InChI=1S/C21H25FN2O3/c1-14(2)23-21(26)24(4)18-9-11-19(12-10-18)27-20(25)13-15(3)16-5-7-17(22)8-6-16/h5-12,14-15H,13H2,1-4H3,(H,23,26). The van der Waals surface area contributed by atoms with E-state index < -0.39 is 0 Å². The quantitative estimate of drug-likeness (QED) is 0.601. The fraction of sp³-hybridized carbons (Fsp3) is 0.333. The van der Waals surface area contributed by atoms with Crippen molar-refractivity contribution in [2.45, 2.75) is 39.2 Å². The summed E-state index contributed by atoms with van der Waals surface area (Å²) in [5.41, 5.74) is 1.56. The Morgan fingerprint density at radius 2 is 1.63 bits per heavy atom. The first kappa shape index (κ1) is 20.4. The van der Waals surface area contributed by atoms with Crippen LogP contribution >= 0.6 is 0 Å². The van der Waals surface area contributed by atoms with Gasteiger partial charge in [-0.05, 0) is 61.7 Å². The molecule has 1 atom stereocenters. The first-order valence-corrected chi connectivity index (χ1v) is 8.86. The van der Waals surface area contributed by atoms with Gasteiger partial charge in [0.15, 0.2) is 0 Å². The minimum atomic E-state index is -0.370. The van der Waals surface area contributed by atoms with Gasteiger partial charge in [-0.2, -0.15) is 0 Å². The minimum absolute atomic E-state index is 0.0447. The second kappa shape index (κ2) is 9.16. The van der Waals surface area contributed by atoms with Gasteiger partial charge < -0.3 is 10.1 Å². The van der Waals surface area contributed by atoms with Crippen molar-refractivity contribution in [2.75, 3.05) is 11.9 Å². The van der Waals surface area contributed by atoms with Crippen molar-refractivity contribution in [3.63, 3.8) is 0 Å². The van der Waals surface area contributed by atoms with Gasteiger partial charge in [0.1, 0.15) is 11.6 Å². The number of nitrogens with one attached hydrogen (secondary N) is 1. The number of amides is 2. The maximum atomic E-state index is 13.0. The van der Waals surface area contributed by atoms with Crippen LogP contribution in [0.15, 0.2) is 48.5 Å². The molecule has 27 heavy (non-hydrogen) atoms. The summed E-state index contributed by atoms with van der Waals surface area (Å²) in [6.45, 7) is 5.67. The van der Waals surface area contributed by atoms with E-state index in [4.69, 9.17) is 4.74 Å². The number of esters is 1. The van der Waals surface area contributed by atoms with Crippen molar-refractivity contribution < 1.29 is 18.7 Å². The molecule has 0 aliphatic rings. The Bertz CT molecular complexity index is 773. The second-order valence-electron chi connectivity index (χ2n) is 6.79. The molecule has 2 aromatic rings. The average molecular weight is 372 g/mol. The molecule has 144 valence electrons. The molecule has 6 heteroatoms. The van der Waals surface area contributed by atoms with Gasteiger partial charge in [-0.1, -0.05) is 19.1 Å². The van der Waals surface area contributed by atoms with Crippen LogP contribution in [0, 0.1) is 5.82 Å². The van der Waals surface area contributed by atoms with Gasteiger partial charge >= 0.3 is 12.0 Å². The zero-order valence-corrected chi connectivity index (χ0v) is 16.0. The molecule has 0 bridgehead atoms. The zero-order chi connectivity index (χ0) is 20.0. The molecule has 0 heterocycles. The Morgan fingerprint density at radius 1 is 1.04 bits per heavy atom. The lowest BCUT2D eigenvalue weighted by Crippen LogP contribution is -2.40. The van der Waals surface area contributed by atoms with Crippen LogP contribution in [0.25, 0.3) is 0 Å². The van der Waals surface area contributed by atoms with Gasteiger partial charge in [-0.25, -0.2) is 9.18 Å². The first-order valence-electron chi connectivity index (χ1n) is 8.86. The maximum absolute atomic E-state index is 13.0. The summed E-state index contributed by atoms with van der Waals surface area (Å²) in [6.07, 6.45) is 0.185. The number of benzene rings is 2. The van der Waals surface area contributed by atoms with Crippen LogP contribution in [-0.2, 0) is 4.79 Å². The Labute approximate surface area is 159 Å². The molecule has 0 aromatic heterocycles. The Morgan fingerprint density at radius 3 is 2.19 bits per heavy atom. The third-order valence-electron chi connectivity index (χ3n) is 4.08. The number of rotatable bonds is 6. The molecule has 0 aliphatic carbocycles. The van der Waals surface area contributed by atoms with E-state index in [1.165, 1.54) is 17.0 Å². The lowest BCUT2D eigenvalue weighted by molar-refractivity contribution is -0.134. The number of ether oxygens (including phenoxy) is 1. The Kier molecular flexibility index (Phi) is 6.93. The SMILES string of the molecule is CC(C)NC(=O)N(C)c1ccc(OC(=O)CC(C)c2ccc(F)cc2)cc1. The van der Waals surface area contributed by atoms with Crippen LogP contribution in [-0.4, -0.2) is 25.1 Å². The molecule has 2 rings (SSSR count). The third-order valence-corrected chi connectivity index (χ3v) is 4.08. The van der Waals surface area contributed by atoms with Crippen LogP contribution in [0.4, 0.5) is 14.9 Å². The van der Waals surface area contributed by atoms with E-state index in [0.717, 1.165) is 5.56 Å². The largest absolute Gasteiger partial charge is 0.427 e. The number of urea groups is 1. The number of anilines is 1. The van der Waals surface area contributed by atoms with E-state index in [1.807, 2.05) is 20.8 Å². The van der Waals surface area contributed by atoms with Crippen molar-refractivity contribution in [3.05, 3.63) is 59.9 Å². The molecule has 0 saturated carbocycles. The van der Waals surface area contributed by atoms with Gasteiger partial charge in [0.2, 0.25) is 0 Å². The highest BCUT2D eigenvalue weighted by Gasteiger charge is 2.15. The fourth-order valence-corrected chi connectivity index (χ4v) is 2.53. The topological polar surface area (TPSA) is 58.6 Å². The van der Waals surface area contributed by atoms with Crippen LogP contribution in [0.2, 0.25) is 0 Å². The summed E-state index contributed by atoms with van der Waals surface area (Å²) < 4.78 is 18.3. The van der Waals surface area contributed by atoms with Crippen molar-refractivity contribution >= 4 is 17.7 Å². The van der Waals surface area contributed by atoms with Crippen LogP contribution in [0.5, 0.6) is 5.75 Å². The second-order valence-corrected chi connectivity index (χ2v) is 6.79. The lowest BCUT2D eigenvalue weighted by atomic mass is 9.98. The molecule has 0 saturated heterocycles. The predicted octanol–water partition coefficient (Wildman–Crippen LogP) is 4.48. The molecule has 1 N–H and O–H groups in total. The predicted molar refractivity (Wildman–Crippen MR) is 104 cm³/mol. The van der Waals surface area contributed by atoms with Crippen molar-refractivity contribution in [3.8, 4) is 5.75 Å². The van der Waals surface area contributed by atoms with Crippen LogP contribution in [0.3, 0.4) is 0 Å². The normalized spacial score (nSPS) is 11.8.